The number of aromatic nitrogens is 4. The molecule has 3 aliphatic rings. The number of hydrogen-bond donors (Lipinski definition) is 2. The van der Waals surface area contributed by atoms with Crippen LogP contribution in [0.3, 0.4) is 0 Å². The van der Waals surface area contributed by atoms with Crippen molar-refractivity contribution in [2.24, 2.45) is 11.8 Å². The van der Waals surface area contributed by atoms with Crippen molar-refractivity contribution >= 4 is 29.3 Å². The summed E-state index contributed by atoms with van der Waals surface area (Å²) in [5, 5.41) is 15.3. The molecule has 2 saturated heterocycles. The van der Waals surface area contributed by atoms with Crippen molar-refractivity contribution < 1.29 is 19.1 Å². The summed E-state index contributed by atoms with van der Waals surface area (Å²) >= 11 is 5.99. The number of nitrogens with zero attached hydrogens (tertiary/aromatic N) is 6. The zero-order valence-electron chi connectivity index (χ0n) is 26.7. The van der Waals surface area contributed by atoms with Crippen LogP contribution < -0.4 is 15.4 Å². The number of pyridine rings is 1. The highest BCUT2D eigenvalue weighted by Gasteiger charge is 2.37. The van der Waals surface area contributed by atoms with Gasteiger partial charge in [0.25, 0.3) is 5.91 Å². The fourth-order valence-corrected chi connectivity index (χ4v) is 6.94. The van der Waals surface area contributed by atoms with Gasteiger partial charge in [0.05, 0.1) is 18.8 Å². The van der Waals surface area contributed by atoms with Crippen LogP contribution in [0.4, 0.5) is 0 Å². The molecule has 2 N–H and O–H groups in total. The number of nitrogens with one attached hydrogen (secondary N) is 2. The van der Waals surface area contributed by atoms with Gasteiger partial charge in [-0.3, -0.25) is 19.1 Å². The van der Waals surface area contributed by atoms with Gasteiger partial charge in [-0.2, -0.15) is 0 Å². The monoisotopic (exact) mass is 662 g/mol. The van der Waals surface area contributed by atoms with Crippen LogP contribution in [0.2, 0.25) is 5.02 Å². The molecule has 3 atom stereocenters. The molecule has 3 amide bonds. The largest absolute Gasteiger partial charge is 0.477 e. The van der Waals surface area contributed by atoms with Gasteiger partial charge in [0.1, 0.15) is 11.6 Å². The van der Waals surface area contributed by atoms with E-state index in [2.05, 4.69) is 30.8 Å². The Morgan fingerprint density at radius 3 is 2.70 bits per heavy atom. The first-order valence-corrected chi connectivity index (χ1v) is 17.1. The number of amides is 3. The molecule has 250 valence electrons. The Morgan fingerprint density at radius 2 is 1.87 bits per heavy atom. The number of hydrogen-bond acceptors (Lipinski definition) is 8. The van der Waals surface area contributed by atoms with E-state index in [1.807, 2.05) is 40.0 Å². The standard InChI is InChI=1S/C34H43ClN8O4/c35-27-8-6-24(7-9-27)21-37-31(44)19-25-10-15-42-22-26(25)11-18-47-33-29(5-4-12-36-33)32(45)38-30(34(42)46)20-28-23-43(40-39-28)17-16-41-13-2-1-3-14-41/h4-9,12,23,25-26,30H,1-3,10-11,13-22H2,(H,37,44)(H,38,45)/t25-,26-,30+/m0/s1. The summed E-state index contributed by atoms with van der Waals surface area (Å²) in [6, 6.07) is 9.89. The van der Waals surface area contributed by atoms with Crippen molar-refractivity contribution in [1.29, 1.82) is 0 Å². The Kier molecular flexibility index (Phi) is 11.0. The van der Waals surface area contributed by atoms with Gasteiger partial charge in [-0.15, -0.1) is 5.10 Å². The van der Waals surface area contributed by atoms with Gasteiger partial charge in [-0.25, -0.2) is 4.98 Å². The van der Waals surface area contributed by atoms with E-state index in [1.165, 1.54) is 19.3 Å². The number of fused-ring (bicyclic) bond motifs is 3. The second-order valence-electron chi connectivity index (χ2n) is 12.8. The first-order valence-electron chi connectivity index (χ1n) is 16.7. The van der Waals surface area contributed by atoms with Gasteiger partial charge in [-0.05, 0) is 80.4 Å². The van der Waals surface area contributed by atoms with Crippen molar-refractivity contribution in [3.8, 4) is 5.88 Å². The van der Waals surface area contributed by atoms with Gasteiger partial charge >= 0.3 is 0 Å². The van der Waals surface area contributed by atoms with Crippen molar-refractivity contribution in [1.82, 2.24) is 40.4 Å². The lowest BCUT2D eigenvalue weighted by Crippen LogP contribution is -2.54. The first-order chi connectivity index (χ1) is 22.9. The first kappa shape index (κ1) is 32.9. The quantitative estimate of drug-likeness (QED) is 0.357. The minimum absolute atomic E-state index is 0.0303. The predicted octanol–water partition coefficient (Wildman–Crippen LogP) is 3.11. The molecule has 13 heteroatoms. The summed E-state index contributed by atoms with van der Waals surface area (Å²) < 4.78 is 7.85. The van der Waals surface area contributed by atoms with Crippen molar-refractivity contribution in [2.45, 2.75) is 64.1 Å². The van der Waals surface area contributed by atoms with Crippen LogP contribution in [0.5, 0.6) is 5.88 Å². The van der Waals surface area contributed by atoms with E-state index in [9.17, 15) is 14.4 Å². The zero-order valence-corrected chi connectivity index (χ0v) is 27.4. The highest BCUT2D eigenvalue weighted by molar-refractivity contribution is 6.30. The second-order valence-corrected chi connectivity index (χ2v) is 13.2. The second kappa shape index (κ2) is 15.7. The maximum absolute atomic E-state index is 14.1. The van der Waals surface area contributed by atoms with E-state index in [0.29, 0.717) is 56.2 Å². The molecule has 0 radical (unpaired) electrons. The van der Waals surface area contributed by atoms with Crippen molar-refractivity contribution in [3.63, 3.8) is 0 Å². The highest BCUT2D eigenvalue weighted by atomic mass is 35.5. The SMILES string of the molecule is O=C(C[C@@H]1CCN2C[C@@H]1CCOc1ncccc1C(=O)N[C@H](Cc1cn(CCN3CCCCC3)nn1)C2=O)NCc1ccc(Cl)cc1. The summed E-state index contributed by atoms with van der Waals surface area (Å²) in [5.74, 6) is -0.279. The normalized spacial score (nSPS) is 22.3. The van der Waals surface area contributed by atoms with Gasteiger partial charge in [0.15, 0.2) is 0 Å². The van der Waals surface area contributed by atoms with Crippen LogP contribution in [0.25, 0.3) is 0 Å². The number of rotatable bonds is 9. The molecule has 6 rings (SSSR count). The molecule has 3 aliphatic heterocycles. The smallest absolute Gasteiger partial charge is 0.257 e. The van der Waals surface area contributed by atoms with Crippen LogP contribution >= 0.6 is 11.6 Å². The van der Waals surface area contributed by atoms with Crippen LogP contribution in [-0.4, -0.2) is 92.9 Å². The molecule has 1 aromatic carbocycles. The van der Waals surface area contributed by atoms with E-state index in [1.54, 1.807) is 18.3 Å². The summed E-state index contributed by atoms with van der Waals surface area (Å²) in [6.45, 7) is 5.55. The summed E-state index contributed by atoms with van der Waals surface area (Å²) in [7, 11) is 0. The minimum atomic E-state index is -0.845. The van der Waals surface area contributed by atoms with Gasteiger partial charge in [-0.1, -0.05) is 35.4 Å². The maximum Gasteiger partial charge on any atom is 0.257 e. The molecule has 47 heavy (non-hydrogen) atoms. The fourth-order valence-electron chi connectivity index (χ4n) is 6.81. The molecule has 0 saturated carbocycles. The van der Waals surface area contributed by atoms with E-state index in [-0.39, 0.29) is 41.5 Å². The fraction of sp³-hybridized carbons (Fsp3) is 0.529. The topological polar surface area (TPSA) is 135 Å². The number of benzene rings is 1. The number of piperidine rings is 2. The van der Waals surface area contributed by atoms with Crippen LogP contribution in [0.1, 0.15) is 60.1 Å². The summed E-state index contributed by atoms with van der Waals surface area (Å²) in [6.07, 6.45) is 9.06. The Hall–Kier alpha value is -4.03. The Balaban J connectivity index is 1.14. The van der Waals surface area contributed by atoms with Gasteiger partial charge in [0, 0.05) is 56.4 Å². The number of carbonyl (C=O) groups is 3. The molecule has 0 spiro atoms. The molecule has 2 aromatic heterocycles. The van der Waals surface area contributed by atoms with Crippen LogP contribution in [0, 0.1) is 11.8 Å². The van der Waals surface area contributed by atoms with E-state index in [0.717, 1.165) is 31.7 Å². The molecule has 3 aromatic rings. The molecule has 0 aliphatic carbocycles. The molecule has 12 nitrogen and oxygen atoms in total. The maximum atomic E-state index is 14.1. The zero-order chi connectivity index (χ0) is 32.6. The third-order valence-corrected chi connectivity index (χ3v) is 9.75. The lowest BCUT2D eigenvalue weighted by Gasteiger charge is -2.40. The van der Waals surface area contributed by atoms with Gasteiger partial charge in [0.2, 0.25) is 17.7 Å². The van der Waals surface area contributed by atoms with E-state index >= 15 is 0 Å². The summed E-state index contributed by atoms with van der Waals surface area (Å²) in [4.78, 5) is 49.2. The van der Waals surface area contributed by atoms with Crippen molar-refractivity contribution in [3.05, 3.63) is 70.6 Å². The number of ether oxygens (including phenoxy) is 1. The van der Waals surface area contributed by atoms with Crippen molar-refractivity contribution in [2.75, 3.05) is 39.3 Å². The highest BCUT2D eigenvalue weighted by Crippen LogP contribution is 2.31. The number of halogens is 1. The third-order valence-electron chi connectivity index (χ3n) is 9.49. The number of likely N-dealkylation sites (tertiary alicyclic amines) is 1. The average Bonchev–Trinajstić information content (AvgIpc) is 3.54. The Bertz CT molecular complexity index is 1530. The molecule has 2 fully saturated rings. The molecule has 5 heterocycles. The minimum Gasteiger partial charge on any atom is -0.477 e. The lowest BCUT2D eigenvalue weighted by molar-refractivity contribution is -0.136. The third kappa shape index (κ3) is 8.86. The average molecular weight is 663 g/mol. The lowest BCUT2D eigenvalue weighted by atomic mass is 9.80. The predicted molar refractivity (Wildman–Crippen MR) is 176 cm³/mol. The number of carbonyl (C=O) groups excluding carboxylic acids is 3. The van der Waals surface area contributed by atoms with E-state index in [4.69, 9.17) is 16.3 Å². The molecular formula is C34H43ClN8O4. The Morgan fingerprint density at radius 1 is 1.04 bits per heavy atom. The Labute approximate surface area is 280 Å². The molecular weight excluding hydrogens is 620 g/mol. The van der Waals surface area contributed by atoms with Gasteiger partial charge < -0.3 is 25.2 Å². The summed E-state index contributed by atoms with van der Waals surface area (Å²) in [5.41, 5.74) is 1.89. The molecule has 2 bridgehead atoms. The van der Waals surface area contributed by atoms with Crippen LogP contribution in [0.15, 0.2) is 48.8 Å². The van der Waals surface area contributed by atoms with Crippen LogP contribution in [-0.2, 0) is 29.1 Å². The van der Waals surface area contributed by atoms with E-state index < -0.39 is 11.9 Å². The molecule has 0 unspecified atom stereocenters.